The number of aromatic nitrogens is 1. The second-order valence-corrected chi connectivity index (χ2v) is 6.45. The fourth-order valence-electron chi connectivity index (χ4n) is 1.74. The summed E-state index contributed by atoms with van der Waals surface area (Å²) < 4.78 is 26.3. The third kappa shape index (κ3) is 6.66. The first-order chi connectivity index (χ1) is 9.07. The topological polar surface area (TPSA) is 79.3 Å². The van der Waals surface area contributed by atoms with Crippen LogP contribution in [-0.4, -0.2) is 37.4 Å². The minimum absolute atomic E-state index is 0.0412. The maximum absolute atomic E-state index is 11.8. The summed E-state index contributed by atoms with van der Waals surface area (Å²) in [5.74, 6) is 0.231. The minimum atomic E-state index is -3.27. The van der Waals surface area contributed by atoms with Crippen molar-refractivity contribution >= 4 is 10.0 Å². The van der Waals surface area contributed by atoms with Gasteiger partial charge in [0.05, 0.1) is 5.75 Å². The summed E-state index contributed by atoms with van der Waals surface area (Å²) in [6.07, 6.45) is 3.54. The van der Waals surface area contributed by atoms with Gasteiger partial charge in [-0.05, 0) is 24.5 Å². The molecule has 0 radical (unpaired) electrons. The van der Waals surface area contributed by atoms with Crippen molar-refractivity contribution in [1.29, 1.82) is 0 Å². The van der Waals surface area contributed by atoms with Gasteiger partial charge in [0.25, 0.3) is 0 Å². The minimum Gasteiger partial charge on any atom is -0.396 e. The molecule has 0 aliphatic rings. The number of aryl methyl sites for hydroxylation is 1. The molecule has 6 heteroatoms. The zero-order chi connectivity index (χ0) is 14.1. The molecule has 0 saturated heterocycles. The largest absolute Gasteiger partial charge is 0.396 e. The van der Waals surface area contributed by atoms with Crippen LogP contribution in [0.25, 0.3) is 0 Å². The quantitative estimate of drug-likeness (QED) is 0.708. The lowest BCUT2D eigenvalue weighted by atomic mass is 10.0. The third-order valence-electron chi connectivity index (χ3n) is 3.06. The molecule has 1 aromatic rings. The first-order valence-corrected chi connectivity index (χ1v) is 8.20. The van der Waals surface area contributed by atoms with E-state index >= 15 is 0 Å². The van der Waals surface area contributed by atoms with Crippen molar-refractivity contribution in [3.63, 3.8) is 0 Å². The van der Waals surface area contributed by atoms with Crippen molar-refractivity contribution < 1.29 is 13.5 Å². The molecule has 0 bridgehead atoms. The van der Waals surface area contributed by atoms with Crippen LogP contribution in [0.4, 0.5) is 0 Å². The number of sulfonamides is 1. The van der Waals surface area contributed by atoms with Gasteiger partial charge < -0.3 is 5.11 Å². The Bertz CT molecular complexity index is 448. The number of nitrogens with zero attached hydrogens (tertiary/aromatic N) is 1. The molecule has 0 aliphatic carbocycles. The molecule has 0 aliphatic heterocycles. The molecule has 1 unspecified atom stereocenters. The van der Waals surface area contributed by atoms with E-state index < -0.39 is 10.0 Å². The van der Waals surface area contributed by atoms with Crippen LogP contribution in [0.15, 0.2) is 24.4 Å². The Labute approximate surface area is 115 Å². The van der Waals surface area contributed by atoms with Gasteiger partial charge in [0, 0.05) is 31.5 Å². The molecule has 0 saturated carbocycles. The van der Waals surface area contributed by atoms with E-state index in [4.69, 9.17) is 5.11 Å². The molecule has 1 heterocycles. The summed E-state index contributed by atoms with van der Waals surface area (Å²) in [4.78, 5) is 4.10. The fourth-order valence-corrected chi connectivity index (χ4v) is 2.85. The zero-order valence-electron chi connectivity index (χ0n) is 11.2. The highest BCUT2D eigenvalue weighted by Gasteiger charge is 2.13. The molecule has 1 atom stereocenters. The van der Waals surface area contributed by atoms with Crippen molar-refractivity contribution in [2.45, 2.75) is 26.2 Å². The molecule has 0 spiro atoms. The number of aliphatic hydroxyl groups is 1. The van der Waals surface area contributed by atoms with Gasteiger partial charge in [-0.2, -0.15) is 0 Å². The lowest BCUT2D eigenvalue weighted by molar-refractivity contribution is 0.254. The summed E-state index contributed by atoms with van der Waals surface area (Å²) in [7, 11) is -3.27. The van der Waals surface area contributed by atoms with Gasteiger partial charge in [0.2, 0.25) is 10.0 Å². The maximum atomic E-state index is 11.8. The molecular weight excluding hydrogens is 264 g/mol. The molecule has 1 rings (SSSR count). The van der Waals surface area contributed by atoms with E-state index in [9.17, 15) is 8.42 Å². The molecule has 0 fully saturated rings. The fraction of sp³-hybridized carbons (Fsp3) is 0.615. The molecular formula is C13H22N2O3S. The number of rotatable bonds is 9. The van der Waals surface area contributed by atoms with Gasteiger partial charge in [-0.1, -0.05) is 19.4 Å². The summed E-state index contributed by atoms with van der Waals surface area (Å²) in [6.45, 7) is 2.47. The summed E-state index contributed by atoms with van der Waals surface area (Å²) in [5, 5.41) is 8.86. The highest BCUT2D eigenvalue weighted by molar-refractivity contribution is 7.89. The van der Waals surface area contributed by atoms with Crippen LogP contribution in [-0.2, 0) is 16.4 Å². The Balaban J connectivity index is 2.39. The first kappa shape index (κ1) is 16.1. The SMILES string of the molecule is CCC(CCO)CNS(=O)(=O)CCc1ccccn1. The average molecular weight is 286 g/mol. The second kappa shape index (κ2) is 8.24. The van der Waals surface area contributed by atoms with E-state index in [1.54, 1.807) is 12.3 Å². The van der Waals surface area contributed by atoms with Crippen LogP contribution < -0.4 is 4.72 Å². The Hall–Kier alpha value is -0.980. The molecule has 0 aromatic carbocycles. The van der Waals surface area contributed by atoms with Gasteiger partial charge >= 0.3 is 0 Å². The van der Waals surface area contributed by atoms with E-state index in [0.29, 0.717) is 19.4 Å². The van der Waals surface area contributed by atoms with Gasteiger partial charge in [0.15, 0.2) is 0 Å². The van der Waals surface area contributed by atoms with Crippen LogP contribution in [0, 0.1) is 5.92 Å². The number of nitrogens with one attached hydrogen (secondary N) is 1. The monoisotopic (exact) mass is 286 g/mol. The van der Waals surface area contributed by atoms with E-state index in [1.165, 1.54) is 0 Å². The standard InChI is InChI=1S/C13H22N2O3S/c1-2-12(6-9-16)11-15-19(17,18)10-7-13-5-3-4-8-14-13/h3-5,8,12,15-16H,2,6-7,9-11H2,1H3. The second-order valence-electron chi connectivity index (χ2n) is 4.52. The molecule has 2 N–H and O–H groups in total. The van der Waals surface area contributed by atoms with Crippen molar-refractivity contribution in [1.82, 2.24) is 9.71 Å². The Morgan fingerprint density at radius 3 is 2.79 bits per heavy atom. The lowest BCUT2D eigenvalue weighted by Gasteiger charge is -2.14. The molecule has 108 valence electrons. The van der Waals surface area contributed by atoms with Crippen molar-refractivity contribution in [3.05, 3.63) is 30.1 Å². The highest BCUT2D eigenvalue weighted by atomic mass is 32.2. The molecule has 19 heavy (non-hydrogen) atoms. The predicted molar refractivity (Wildman–Crippen MR) is 75.2 cm³/mol. The van der Waals surface area contributed by atoms with Crippen molar-refractivity contribution in [3.8, 4) is 0 Å². The van der Waals surface area contributed by atoms with Crippen molar-refractivity contribution in [2.75, 3.05) is 18.9 Å². The van der Waals surface area contributed by atoms with Crippen LogP contribution in [0.1, 0.15) is 25.5 Å². The van der Waals surface area contributed by atoms with Crippen LogP contribution in [0.3, 0.4) is 0 Å². The van der Waals surface area contributed by atoms with E-state index in [-0.39, 0.29) is 18.3 Å². The number of pyridine rings is 1. The lowest BCUT2D eigenvalue weighted by Crippen LogP contribution is -2.32. The Morgan fingerprint density at radius 2 is 2.21 bits per heavy atom. The predicted octanol–water partition coefficient (Wildman–Crippen LogP) is 0.952. The van der Waals surface area contributed by atoms with Crippen LogP contribution in [0.2, 0.25) is 0 Å². The molecule has 0 amide bonds. The number of hydrogen-bond donors (Lipinski definition) is 2. The van der Waals surface area contributed by atoms with Crippen LogP contribution >= 0.6 is 0 Å². The Kier molecular flexibility index (Phi) is 6.97. The number of aliphatic hydroxyl groups excluding tert-OH is 1. The van der Waals surface area contributed by atoms with Gasteiger partial charge in [-0.15, -0.1) is 0 Å². The first-order valence-electron chi connectivity index (χ1n) is 6.55. The summed E-state index contributed by atoms with van der Waals surface area (Å²) in [5.41, 5.74) is 0.773. The number of hydrogen-bond acceptors (Lipinski definition) is 4. The van der Waals surface area contributed by atoms with Gasteiger partial charge in [-0.25, -0.2) is 13.1 Å². The maximum Gasteiger partial charge on any atom is 0.211 e. The van der Waals surface area contributed by atoms with Gasteiger partial charge in [-0.3, -0.25) is 4.98 Å². The van der Waals surface area contributed by atoms with E-state index in [2.05, 4.69) is 9.71 Å². The zero-order valence-corrected chi connectivity index (χ0v) is 12.1. The normalized spacial score (nSPS) is 13.4. The van der Waals surface area contributed by atoms with Crippen molar-refractivity contribution in [2.24, 2.45) is 5.92 Å². The highest BCUT2D eigenvalue weighted by Crippen LogP contribution is 2.06. The summed E-state index contributed by atoms with van der Waals surface area (Å²) in [6, 6.07) is 5.46. The van der Waals surface area contributed by atoms with E-state index in [1.807, 2.05) is 19.1 Å². The third-order valence-corrected chi connectivity index (χ3v) is 4.41. The van der Waals surface area contributed by atoms with Gasteiger partial charge in [0.1, 0.15) is 0 Å². The summed E-state index contributed by atoms with van der Waals surface area (Å²) >= 11 is 0. The average Bonchev–Trinajstić information content (AvgIpc) is 2.42. The molecule has 1 aromatic heterocycles. The smallest absolute Gasteiger partial charge is 0.211 e. The van der Waals surface area contributed by atoms with Crippen LogP contribution in [0.5, 0.6) is 0 Å². The molecule has 5 nitrogen and oxygen atoms in total. The Morgan fingerprint density at radius 1 is 1.42 bits per heavy atom. The van der Waals surface area contributed by atoms with E-state index in [0.717, 1.165) is 12.1 Å².